The van der Waals surface area contributed by atoms with Gasteiger partial charge < -0.3 is 10.1 Å². The van der Waals surface area contributed by atoms with Crippen LogP contribution in [0.15, 0.2) is 47.4 Å². The van der Waals surface area contributed by atoms with E-state index in [-0.39, 0.29) is 0 Å². The van der Waals surface area contributed by atoms with Crippen molar-refractivity contribution in [2.75, 3.05) is 18.9 Å². The monoisotopic (exact) mass is 385 g/mol. The average Bonchev–Trinajstić information content (AvgIpc) is 2.58. The van der Waals surface area contributed by atoms with Crippen LogP contribution in [0.4, 0.5) is 8.78 Å². The maximum Gasteiger partial charge on any atom is 0.341 e. The Hall–Kier alpha value is -2.12. The smallest absolute Gasteiger partial charge is 0.341 e. The van der Waals surface area contributed by atoms with Crippen molar-refractivity contribution in [3.63, 3.8) is 0 Å². The molecule has 0 fully saturated rings. The highest BCUT2D eigenvalue weighted by Crippen LogP contribution is 2.19. The minimum absolute atomic E-state index is 0.370. The normalized spacial score (nSPS) is 10.4. The number of amides is 1. The molecule has 0 aromatic heterocycles. The zero-order valence-corrected chi connectivity index (χ0v) is 14.5. The summed E-state index contributed by atoms with van der Waals surface area (Å²) in [5.74, 6) is -2.75. The molecular weight excluding hydrogens is 372 g/mol. The number of hydrogen-bond donors (Lipinski definition) is 1. The van der Waals surface area contributed by atoms with Gasteiger partial charge in [-0.25, -0.2) is 13.6 Å². The molecule has 1 amide bonds. The van der Waals surface area contributed by atoms with E-state index in [2.05, 4.69) is 5.32 Å². The summed E-state index contributed by atoms with van der Waals surface area (Å²) in [6.45, 7) is -0.171. The van der Waals surface area contributed by atoms with Crippen LogP contribution in [0, 0.1) is 11.6 Å². The van der Waals surface area contributed by atoms with E-state index in [9.17, 15) is 18.4 Å². The molecule has 0 aliphatic rings. The predicted molar refractivity (Wildman–Crippen MR) is 91.8 cm³/mol. The standard InChI is InChI=1S/C17H14ClF2NO3S/c18-11-1-4-13(5-2-11)25-8-7-21-16(22)10-24-17(23)14-6-3-12(19)9-15(14)20/h1-6,9H,7-8,10H2,(H,21,22). The van der Waals surface area contributed by atoms with Crippen molar-refractivity contribution in [3.05, 3.63) is 64.7 Å². The molecule has 132 valence electrons. The number of thioether (sulfide) groups is 1. The van der Waals surface area contributed by atoms with Crippen LogP contribution in [-0.4, -0.2) is 30.8 Å². The summed E-state index contributed by atoms with van der Waals surface area (Å²) >= 11 is 7.32. The molecule has 0 unspecified atom stereocenters. The van der Waals surface area contributed by atoms with Gasteiger partial charge in [0, 0.05) is 28.3 Å². The van der Waals surface area contributed by atoms with Gasteiger partial charge in [-0.2, -0.15) is 0 Å². The lowest BCUT2D eigenvalue weighted by Crippen LogP contribution is -2.30. The molecule has 4 nitrogen and oxygen atoms in total. The summed E-state index contributed by atoms with van der Waals surface area (Å²) in [4.78, 5) is 24.3. The number of hydrogen-bond acceptors (Lipinski definition) is 4. The Bertz CT molecular complexity index is 756. The van der Waals surface area contributed by atoms with Gasteiger partial charge in [0.15, 0.2) is 6.61 Å². The van der Waals surface area contributed by atoms with Crippen molar-refractivity contribution >= 4 is 35.2 Å². The predicted octanol–water partition coefficient (Wildman–Crippen LogP) is 3.68. The Labute approximate surface area is 152 Å². The first kappa shape index (κ1) is 19.2. The number of rotatable bonds is 7. The molecule has 0 aliphatic carbocycles. The molecule has 0 saturated heterocycles. The number of esters is 1. The quantitative estimate of drug-likeness (QED) is 0.449. The van der Waals surface area contributed by atoms with Crippen molar-refractivity contribution in [2.24, 2.45) is 0 Å². The maximum atomic E-state index is 13.4. The first-order chi connectivity index (χ1) is 12.0. The lowest BCUT2D eigenvalue weighted by molar-refractivity contribution is -0.124. The minimum Gasteiger partial charge on any atom is -0.452 e. The molecule has 0 saturated carbocycles. The van der Waals surface area contributed by atoms with E-state index in [4.69, 9.17) is 16.3 Å². The van der Waals surface area contributed by atoms with Gasteiger partial charge in [0.2, 0.25) is 0 Å². The van der Waals surface area contributed by atoms with Crippen LogP contribution < -0.4 is 5.32 Å². The highest BCUT2D eigenvalue weighted by atomic mass is 35.5. The first-order valence-corrected chi connectivity index (χ1v) is 8.59. The van der Waals surface area contributed by atoms with Crippen LogP contribution in [0.25, 0.3) is 0 Å². The zero-order chi connectivity index (χ0) is 18.2. The van der Waals surface area contributed by atoms with Crippen LogP contribution >= 0.6 is 23.4 Å². The second kappa shape index (κ2) is 9.39. The zero-order valence-electron chi connectivity index (χ0n) is 12.9. The van der Waals surface area contributed by atoms with Crippen molar-refractivity contribution in [1.82, 2.24) is 5.32 Å². The van der Waals surface area contributed by atoms with E-state index in [0.29, 0.717) is 23.4 Å². The van der Waals surface area contributed by atoms with Crippen LogP contribution in [0.2, 0.25) is 5.02 Å². The number of ether oxygens (including phenoxy) is 1. The summed E-state index contributed by atoms with van der Waals surface area (Å²) in [6.07, 6.45) is 0. The van der Waals surface area contributed by atoms with Crippen LogP contribution in [-0.2, 0) is 9.53 Å². The van der Waals surface area contributed by atoms with Gasteiger partial charge in [-0.3, -0.25) is 4.79 Å². The highest BCUT2D eigenvalue weighted by Gasteiger charge is 2.15. The molecule has 0 aliphatic heterocycles. The molecule has 0 bridgehead atoms. The van der Waals surface area contributed by atoms with Gasteiger partial charge in [0.25, 0.3) is 5.91 Å². The van der Waals surface area contributed by atoms with Gasteiger partial charge in [-0.05, 0) is 36.4 Å². The van der Waals surface area contributed by atoms with E-state index in [0.717, 1.165) is 17.0 Å². The molecule has 25 heavy (non-hydrogen) atoms. The highest BCUT2D eigenvalue weighted by molar-refractivity contribution is 7.99. The summed E-state index contributed by atoms with van der Waals surface area (Å²) in [6, 6.07) is 9.76. The maximum absolute atomic E-state index is 13.4. The number of carbonyl (C=O) groups excluding carboxylic acids is 2. The fourth-order valence-corrected chi connectivity index (χ4v) is 2.70. The van der Waals surface area contributed by atoms with Gasteiger partial charge in [-0.15, -0.1) is 11.8 Å². The van der Waals surface area contributed by atoms with E-state index in [1.165, 1.54) is 11.8 Å². The van der Waals surface area contributed by atoms with E-state index in [1.807, 2.05) is 12.1 Å². The minimum atomic E-state index is -1.04. The third-order valence-corrected chi connectivity index (χ3v) is 4.26. The van der Waals surface area contributed by atoms with Crippen molar-refractivity contribution in [3.8, 4) is 0 Å². The average molecular weight is 386 g/mol. The first-order valence-electron chi connectivity index (χ1n) is 7.23. The number of carbonyl (C=O) groups is 2. The third kappa shape index (κ3) is 6.36. The van der Waals surface area contributed by atoms with Gasteiger partial charge in [-0.1, -0.05) is 11.6 Å². The molecule has 0 radical (unpaired) electrons. The largest absolute Gasteiger partial charge is 0.452 e. The topological polar surface area (TPSA) is 55.4 Å². The van der Waals surface area contributed by atoms with Crippen molar-refractivity contribution in [2.45, 2.75) is 4.90 Å². The number of halogens is 3. The van der Waals surface area contributed by atoms with Crippen LogP contribution in [0.1, 0.15) is 10.4 Å². The lowest BCUT2D eigenvalue weighted by Gasteiger charge is -2.07. The van der Waals surface area contributed by atoms with E-state index in [1.54, 1.807) is 12.1 Å². The second-order valence-electron chi connectivity index (χ2n) is 4.85. The molecule has 0 heterocycles. The molecule has 2 aromatic rings. The molecule has 8 heteroatoms. The van der Waals surface area contributed by atoms with E-state index >= 15 is 0 Å². The lowest BCUT2D eigenvalue weighted by atomic mass is 10.2. The van der Waals surface area contributed by atoms with Crippen LogP contribution in [0.5, 0.6) is 0 Å². The molecule has 0 atom stereocenters. The summed E-state index contributed by atoms with van der Waals surface area (Å²) in [5, 5.41) is 3.23. The molecule has 0 spiro atoms. The van der Waals surface area contributed by atoms with Gasteiger partial charge in [0.05, 0.1) is 5.56 Å². The number of nitrogens with one attached hydrogen (secondary N) is 1. The summed E-state index contributed by atoms with van der Waals surface area (Å²) < 4.78 is 30.9. The summed E-state index contributed by atoms with van der Waals surface area (Å²) in [5.41, 5.74) is -0.424. The Kier molecular flexibility index (Phi) is 7.21. The van der Waals surface area contributed by atoms with Crippen molar-refractivity contribution < 1.29 is 23.1 Å². The SMILES string of the molecule is O=C(COC(=O)c1ccc(F)cc1F)NCCSc1ccc(Cl)cc1. The van der Waals surface area contributed by atoms with E-state index < -0.39 is 35.7 Å². The molecule has 1 N–H and O–H groups in total. The Morgan fingerprint density at radius 2 is 1.84 bits per heavy atom. The second-order valence-corrected chi connectivity index (χ2v) is 6.46. The van der Waals surface area contributed by atoms with Gasteiger partial charge >= 0.3 is 5.97 Å². The van der Waals surface area contributed by atoms with Gasteiger partial charge in [0.1, 0.15) is 11.6 Å². The number of benzene rings is 2. The fraction of sp³-hybridized carbons (Fsp3) is 0.176. The molecule has 2 rings (SSSR count). The Morgan fingerprint density at radius 1 is 1.12 bits per heavy atom. The van der Waals surface area contributed by atoms with Crippen LogP contribution in [0.3, 0.4) is 0 Å². The van der Waals surface area contributed by atoms with Crippen molar-refractivity contribution in [1.29, 1.82) is 0 Å². The third-order valence-electron chi connectivity index (χ3n) is 2.99. The fourth-order valence-electron chi connectivity index (χ4n) is 1.81. The summed E-state index contributed by atoms with van der Waals surface area (Å²) in [7, 11) is 0. The molecular formula is C17H14ClF2NO3S. The Balaban J connectivity index is 1.68. The molecule has 2 aromatic carbocycles. The Morgan fingerprint density at radius 3 is 2.52 bits per heavy atom.